The van der Waals surface area contributed by atoms with E-state index in [2.05, 4.69) is 15.0 Å². The van der Waals surface area contributed by atoms with Crippen LogP contribution in [0.2, 0.25) is 0 Å². The number of carbonyl (C=O) groups excluding carboxylic acids is 1. The number of esters is 1. The van der Waals surface area contributed by atoms with Crippen molar-refractivity contribution >= 4 is 11.5 Å². The summed E-state index contributed by atoms with van der Waals surface area (Å²) in [6, 6.07) is 10.9. The summed E-state index contributed by atoms with van der Waals surface area (Å²) in [5, 5.41) is 0. The topological polar surface area (TPSA) is 74.2 Å². The first-order valence-electron chi connectivity index (χ1n) is 8.59. The van der Waals surface area contributed by atoms with E-state index in [1.807, 2.05) is 0 Å². The molecule has 8 heteroatoms. The van der Waals surface area contributed by atoms with Crippen LogP contribution in [0.5, 0.6) is 6.01 Å². The van der Waals surface area contributed by atoms with Gasteiger partial charge in [0.05, 0.1) is 7.11 Å². The Morgan fingerprint density at radius 2 is 1.38 bits per heavy atom. The summed E-state index contributed by atoms with van der Waals surface area (Å²) in [7, 11) is 1.17. The molecule has 0 amide bonds. The highest BCUT2D eigenvalue weighted by Gasteiger charge is 2.24. The van der Waals surface area contributed by atoms with E-state index in [4.69, 9.17) is 9.47 Å². The fourth-order valence-corrected chi connectivity index (χ4v) is 2.73. The zero-order valence-corrected chi connectivity index (χ0v) is 15.9. The smallest absolute Gasteiger partial charge is 0.374 e. The lowest BCUT2D eigenvalue weighted by atomic mass is 9.96. The molecule has 0 aliphatic rings. The zero-order chi connectivity index (χ0) is 21.0. The minimum atomic E-state index is -0.857. The maximum atomic E-state index is 13.9. The predicted octanol–water partition coefficient (Wildman–Crippen LogP) is 3.78. The van der Waals surface area contributed by atoms with Crippen LogP contribution >= 0.6 is 0 Å². The lowest BCUT2D eigenvalue weighted by Gasteiger charge is -2.15. The van der Waals surface area contributed by atoms with E-state index in [0.717, 1.165) is 0 Å². The van der Waals surface area contributed by atoms with E-state index >= 15 is 0 Å². The van der Waals surface area contributed by atoms with Gasteiger partial charge in [-0.05, 0) is 49.2 Å². The SMILES string of the molecule is COC(=O)C(Oc1nc(C)nc(C)n1)=C(c1cccc(F)c1)c1cccc(F)c1. The number of nitrogens with zero attached hydrogens (tertiary/aromatic N) is 3. The van der Waals surface area contributed by atoms with Crippen molar-refractivity contribution in [3.05, 3.63) is 88.7 Å². The van der Waals surface area contributed by atoms with Gasteiger partial charge < -0.3 is 9.47 Å². The molecular weight excluding hydrogens is 380 g/mol. The molecule has 0 aliphatic heterocycles. The first-order valence-corrected chi connectivity index (χ1v) is 8.59. The van der Waals surface area contributed by atoms with Gasteiger partial charge in [0.15, 0.2) is 0 Å². The van der Waals surface area contributed by atoms with E-state index in [1.54, 1.807) is 26.0 Å². The van der Waals surface area contributed by atoms with Crippen LogP contribution in [0.3, 0.4) is 0 Å². The molecule has 0 aliphatic carbocycles. The quantitative estimate of drug-likeness (QED) is 0.371. The van der Waals surface area contributed by atoms with Crippen molar-refractivity contribution in [1.82, 2.24) is 15.0 Å². The molecule has 3 rings (SSSR count). The van der Waals surface area contributed by atoms with Gasteiger partial charge in [0.25, 0.3) is 0 Å². The highest BCUT2D eigenvalue weighted by molar-refractivity contribution is 6.00. The lowest BCUT2D eigenvalue weighted by molar-refractivity contribution is -0.138. The molecule has 0 fully saturated rings. The molecule has 0 bridgehead atoms. The van der Waals surface area contributed by atoms with Crippen molar-refractivity contribution in [3.63, 3.8) is 0 Å². The van der Waals surface area contributed by atoms with Crippen LogP contribution in [0.25, 0.3) is 5.57 Å². The van der Waals surface area contributed by atoms with Crippen LogP contribution < -0.4 is 4.74 Å². The van der Waals surface area contributed by atoms with Crippen LogP contribution in [-0.4, -0.2) is 28.0 Å². The molecule has 0 spiro atoms. The number of rotatable bonds is 5. The Kier molecular flexibility index (Phi) is 5.92. The standard InChI is InChI=1S/C21H17F2N3O3/c1-12-24-13(2)26-21(25-12)29-19(20(27)28-3)18(14-6-4-8-16(22)10-14)15-7-5-9-17(23)11-15/h4-11H,1-3H3. The highest BCUT2D eigenvalue weighted by Crippen LogP contribution is 2.29. The molecule has 3 aromatic rings. The number of benzene rings is 2. The average molecular weight is 397 g/mol. The van der Waals surface area contributed by atoms with Crippen molar-refractivity contribution in [2.45, 2.75) is 13.8 Å². The molecule has 6 nitrogen and oxygen atoms in total. The Morgan fingerprint density at radius 3 is 1.83 bits per heavy atom. The van der Waals surface area contributed by atoms with E-state index in [0.29, 0.717) is 22.8 Å². The van der Waals surface area contributed by atoms with Crippen molar-refractivity contribution in [2.24, 2.45) is 0 Å². The second kappa shape index (κ2) is 8.55. The van der Waals surface area contributed by atoms with Crippen LogP contribution in [0.15, 0.2) is 54.3 Å². The van der Waals surface area contributed by atoms with Gasteiger partial charge in [0, 0.05) is 5.57 Å². The van der Waals surface area contributed by atoms with Crippen LogP contribution in [0.4, 0.5) is 8.78 Å². The number of hydrogen-bond donors (Lipinski definition) is 0. The Labute approximate surface area is 165 Å². The zero-order valence-electron chi connectivity index (χ0n) is 15.9. The second-order valence-corrected chi connectivity index (χ2v) is 6.03. The largest absolute Gasteiger partial charge is 0.463 e. The van der Waals surface area contributed by atoms with Gasteiger partial charge in [-0.1, -0.05) is 24.3 Å². The van der Waals surface area contributed by atoms with Crippen molar-refractivity contribution in [3.8, 4) is 6.01 Å². The Balaban J connectivity index is 2.28. The van der Waals surface area contributed by atoms with Gasteiger partial charge in [0.2, 0.25) is 5.76 Å². The number of carbonyl (C=O) groups is 1. The van der Waals surface area contributed by atoms with E-state index in [1.165, 1.54) is 43.5 Å². The van der Waals surface area contributed by atoms with Crippen LogP contribution in [0, 0.1) is 25.5 Å². The summed E-state index contributed by atoms with van der Waals surface area (Å²) in [4.78, 5) is 24.8. The number of aromatic nitrogens is 3. The number of hydrogen-bond acceptors (Lipinski definition) is 6. The van der Waals surface area contributed by atoms with Crippen molar-refractivity contribution in [1.29, 1.82) is 0 Å². The fourth-order valence-electron chi connectivity index (χ4n) is 2.73. The van der Waals surface area contributed by atoms with Gasteiger partial charge in [-0.15, -0.1) is 0 Å². The van der Waals surface area contributed by atoms with Gasteiger partial charge >= 0.3 is 12.0 Å². The second-order valence-electron chi connectivity index (χ2n) is 6.03. The Bertz CT molecular complexity index is 1030. The number of methoxy groups -OCH3 is 1. The normalized spacial score (nSPS) is 10.4. The molecule has 0 radical (unpaired) electrons. The minimum Gasteiger partial charge on any atom is -0.463 e. The summed E-state index contributed by atoms with van der Waals surface area (Å²) in [6.07, 6.45) is 0. The molecule has 1 heterocycles. The van der Waals surface area contributed by atoms with E-state index < -0.39 is 17.6 Å². The fraction of sp³-hybridized carbons (Fsp3) is 0.143. The van der Waals surface area contributed by atoms with Gasteiger partial charge in [-0.2, -0.15) is 9.97 Å². The molecule has 0 saturated carbocycles. The molecular formula is C21H17F2N3O3. The van der Waals surface area contributed by atoms with Gasteiger partial charge in [-0.3, -0.25) is 0 Å². The molecule has 0 unspecified atom stereocenters. The van der Waals surface area contributed by atoms with Crippen LogP contribution in [0.1, 0.15) is 22.8 Å². The van der Waals surface area contributed by atoms with Crippen LogP contribution in [-0.2, 0) is 9.53 Å². The predicted molar refractivity (Wildman–Crippen MR) is 101 cm³/mol. The minimum absolute atomic E-state index is 0.131. The summed E-state index contributed by atoms with van der Waals surface area (Å²) < 4.78 is 38.4. The summed E-state index contributed by atoms with van der Waals surface area (Å²) in [5.41, 5.74) is 0.712. The number of halogens is 2. The van der Waals surface area contributed by atoms with Crippen molar-refractivity contribution in [2.75, 3.05) is 7.11 Å². The Morgan fingerprint density at radius 1 is 0.862 bits per heavy atom. The Hall–Kier alpha value is -3.68. The molecule has 0 atom stereocenters. The van der Waals surface area contributed by atoms with E-state index in [9.17, 15) is 13.6 Å². The maximum absolute atomic E-state index is 13.9. The molecule has 29 heavy (non-hydrogen) atoms. The third-order valence-electron chi connectivity index (χ3n) is 3.86. The first kappa shape index (κ1) is 20.1. The first-order chi connectivity index (χ1) is 13.9. The maximum Gasteiger partial charge on any atom is 0.374 e. The van der Waals surface area contributed by atoms with Gasteiger partial charge in [0.1, 0.15) is 23.3 Å². The summed E-state index contributed by atoms with van der Waals surface area (Å²) in [5.74, 6) is -1.47. The molecule has 2 aromatic carbocycles. The average Bonchev–Trinajstić information content (AvgIpc) is 2.66. The van der Waals surface area contributed by atoms with E-state index in [-0.39, 0.29) is 17.3 Å². The van der Waals surface area contributed by atoms with Crippen molar-refractivity contribution < 1.29 is 23.0 Å². The molecule has 1 aromatic heterocycles. The monoisotopic (exact) mass is 397 g/mol. The number of ether oxygens (including phenoxy) is 2. The molecule has 0 saturated heterocycles. The lowest BCUT2D eigenvalue weighted by Crippen LogP contribution is -2.16. The molecule has 148 valence electrons. The number of aryl methyl sites for hydroxylation is 2. The molecule has 0 N–H and O–H groups in total. The highest BCUT2D eigenvalue weighted by atomic mass is 19.1. The summed E-state index contributed by atoms with van der Waals surface area (Å²) in [6.45, 7) is 3.28. The summed E-state index contributed by atoms with van der Waals surface area (Å²) >= 11 is 0. The third-order valence-corrected chi connectivity index (χ3v) is 3.86. The third kappa shape index (κ3) is 4.78. The van der Waals surface area contributed by atoms with Gasteiger partial charge in [-0.25, -0.2) is 18.6 Å².